The fourth-order valence-electron chi connectivity index (χ4n) is 6.86. The molecule has 2 aromatic heterocycles. The third kappa shape index (κ3) is 11.8. The molecule has 0 spiro atoms. The monoisotopic (exact) mass is 741 g/mol. The molecule has 0 radical (unpaired) electrons. The van der Waals surface area contributed by atoms with Crippen LogP contribution in [0, 0.1) is 17.8 Å². The van der Waals surface area contributed by atoms with Crippen molar-refractivity contribution >= 4 is 41.0 Å². The van der Waals surface area contributed by atoms with Crippen LogP contribution < -0.4 is 10.6 Å². The summed E-state index contributed by atoms with van der Waals surface area (Å²) in [5.74, 6) is -1.26. The molecule has 0 unspecified atom stereocenters. The van der Waals surface area contributed by atoms with Crippen molar-refractivity contribution in [2.45, 2.75) is 116 Å². The third-order valence-corrected chi connectivity index (χ3v) is 10.9. The Kier molecular flexibility index (Phi) is 15.1. The summed E-state index contributed by atoms with van der Waals surface area (Å²) < 4.78 is 10.7. The summed E-state index contributed by atoms with van der Waals surface area (Å²) >= 11 is 1.19. The van der Waals surface area contributed by atoms with E-state index < -0.39 is 42.0 Å². The number of aromatic nitrogens is 3. The molecule has 1 aliphatic carbocycles. The first-order chi connectivity index (χ1) is 24.8. The molecule has 0 bridgehead atoms. The molecule has 52 heavy (non-hydrogen) atoms. The van der Waals surface area contributed by atoms with Crippen molar-refractivity contribution in [2.75, 3.05) is 27.7 Å². The molecule has 15 heteroatoms. The van der Waals surface area contributed by atoms with Crippen molar-refractivity contribution in [3.05, 3.63) is 40.4 Å². The number of nitrogens with one attached hydrogen (secondary N) is 2. The molecule has 2 N–H and O–H groups in total. The van der Waals surface area contributed by atoms with Crippen molar-refractivity contribution in [1.29, 1.82) is 0 Å². The van der Waals surface area contributed by atoms with Gasteiger partial charge in [0.05, 0.1) is 19.1 Å². The third-order valence-electron chi connectivity index (χ3n) is 9.99. The number of carbonyl (C=O) groups is 5. The SMILES string of the molecule is COC(=O)[C@@H](C)C[C@H](Cc1ncccn1)NC(=O)c1csc([C@@H](C[C@H](C(C)C)N(C)C(=O)[C@H](CC2CC2)NC(=O)[C@H]2CCCCN2C)OC(C)=O)n1. The number of ether oxygens (including phenoxy) is 2. The van der Waals surface area contributed by atoms with Gasteiger partial charge in [-0.05, 0) is 57.2 Å². The number of hydrogen-bond acceptors (Lipinski definition) is 12. The topological polar surface area (TPSA) is 173 Å². The van der Waals surface area contributed by atoms with E-state index in [-0.39, 0.29) is 48.4 Å². The van der Waals surface area contributed by atoms with Crippen LogP contribution in [-0.4, -0.2) is 106 Å². The second kappa shape index (κ2) is 19.2. The van der Waals surface area contributed by atoms with Gasteiger partial charge in [0, 0.05) is 56.7 Å². The van der Waals surface area contributed by atoms with E-state index in [1.807, 2.05) is 20.9 Å². The number of carbonyl (C=O) groups excluding carboxylic acids is 5. The maximum Gasteiger partial charge on any atom is 0.308 e. The first kappa shape index (κ1) is 40.8. The molecule has 6 atom stereocenters. The highest BCUT2D eigenvalue weighted by Gasteiger charge is 2.38. The van der Waals surface area contributed by atoms with E-state index >= 15 is 0 Å². The Balaban J connectivity index is 1.49. The molecule has 4 rings (SSSR count). The highest BCUT2D eigenvalue weighted by atomic mass is 32.1. The van der Waals surface area contributed by atoms with Crippen molar-refractivity contribution in [2.24, 2.45) is 17.8 Å². The lowest BCUT2D eigenvalue weighted by Gasteiger charge is -2.37. The predicted octanol–water partition coefficient (Wildman–Crippen LogP) is 3.72. The standard InChI is InChI=1S/C37H55N7O7S/c1-22(2)30(44(6)36(48)27(18-25-12-13-25)41-34(47)29-11-8-9-16-43(29)5)20-31(51-24(4)45)35-42-28(21-52-35)33(46)40-26(17-23(3)37(49)50-7)19-32-38-14-10-15-39-32/h10,14-15,21-23,25-27,29-31H,8-9,11-13,16-20H2,1-7H3,(H,40,46)(H,41,47)/t23-,26+,27-,29+,30+,31+/m0/s1. The molecule has 2 aromatic rings. The number of likely N-dealkylation sites (tertiary alicyclic amines) is 1. The number of esters is 2. The van der Waals surface area contributed by atoms with Crippen molar-refractivity contribution in [3.63, 3.8) is 0 Å². The predicted molar refractivity (Wildman–Crippen MR) is 195 cm³/mol. The van der Waals surface area contributed by atoms with Crippen molar-refractivity contribution in [1.82, 2.24) is 35.4 Å². The number of amides is 3. The quantitative estimate of drug-likeness (QED) is 0.213. The number of likely N-dealkylation sites (N-methyl/N-ethyl adjacent to an activating group) is 2. The summed E-state index contributed by atoms with van der Waals surface area (Å²) in [7, 11) is 5.01. The summed E-state index contributed by atoms with van der Waals surface area (Å²) in [6, 6.07) is -0.0731. The molecule has 2 fully saturated rings. The lowest BCUT2D eigenvalue weighted by Crippen LogP contribution is -2.56. The Morgan fingerprint density at radius 3 is 2.37 bits per heavy atom. The zero-order chi connectivity index (χ0) is 37.9. The Hall–Kier alpha value is -3.98. The molecule has 1 saturated heterocycles. The number of nitrogens with zero attached hydrogens (tertiary/aromatic N) is 5. The van der Waals surface area contributed by atoms with E-state index in [9.17, 15) is 24.0 Å². The first-order valence-corrected chi connectivity index (χ1v) is 19.2. The zero-order valence-corrected chi connectivity index (χ0v) is 32.3. The van der Waals surface area contributed by atoms with Crippen LogP contribution in [0.4, 0.5) is 0 Å². The second-order valence-corrected chi connectivity index (χ2v) is 15.5. The highest BCUT2D eigenvalue weighted by molar-refractivity contribution is 7.09. The van der Waals surface area contributed by atoms with E-state index in [0.29, 0.717) is 29.6 Å². The molecule has 1 saturated carbocycles. The first-order valence-electron chi connectivity index (χ1n) is 18.3. The molecule has 2 aliphatic rings. The van der Waals surface area contributed by atoms with Crippen molar-refractivity contribution in [3.8, 4) is 0 Å². The molecule has 14 nitrogen and oxygen atoms in total. The minimum atomic E-state index is -0.827. The van der Waals surface area contributed by atoms with Crippen LogP contribution in [0.15, 0.2) is 23.8 Å². The lowest BCUT2D eigenvalue weighted by atomic mass is 9.95. The summed E-state index contributed by atoms with van der Waals surface area (Å²) in [6.07, 6.45) is 8.70. The van der Waals surface area contributed by atoms with Crippen LogP contribution in [0.2, 0.25) is 0 Å². The molecule has 3 amide bonds. The van der Waals surface area contributed by atoms with Gasteiger partial charge in [-0.15, -0.1) is 11.3 Å². The molecular formula is C37H55N7O7S. The fraction of sp³-hybridized carbons (Fsp3) is 0.676. The number of piperidine rings is 1. The lowest BCUT2D eigenvalue weighted by molar-refractivity contribution is -0.149. The molecular weight excluding hydrogens is 687 g/mol. The van der Waals surface area contributed by atoms with E-state index in [1.54, 1.807) is 42.7 Å². The molecule has 0 aromatic carbocycles. The van der Waals surface area contributed by atoms with Crippen LogP contribution in [0.3, 0.4) is 0 Å². The Labute approximate surface area is 310 Å². The number of rotatable bonds is 18. The fourth-order valence-corrected chi connectivity index (χ4v) is 7.70. The van der Waals surface area contributed by atoms with Crippen molar-refractivity contribution < 1.29 is 33.4 Å². The van der Waals surface area contributed by atoms with E-state index in [4.69, 9.17) is 9.47 Å². The maximum absolute atomic E-state index is 14.1. The van der Waals surface area contributed by atoms with Crippen LogP contribution in [0.5, 0.6) is 0 Å². The summed E-state index contributed by atoms with van der Waals surface area (Å²) in [5, 5.41) is 8.09. The van der Waals surface area contributed by atoms with Gasteiger partial charge in [-0.25, -0.2) is 15.0 Å². The highest BCUT2D eigenvalue weighted by Crippen LogP contribution is 2.35. The van der Waals surface area contributed by atoms with E-state index in [1.165, 1.54) is 25.4 Å². The molecule has 286 valence electrons. The van der Waals surface area contributed by atoms with Crippen LogP contribution >= 0.6 is 11.3 Å². The minimum absolute atomic E-state index is 0.0331. The zero-order valence-electron chi connectivity index (χ0n) is 31.5. The Morgan fingerprint density at radius 2 is 1.75 bits per heavy atom. The summed E-state index contributed by atoms with van der Waals surface area (Å²) in [4.78, 5) is 82.5. The van der Waals surface area contributed by atoms with Gasteiger partial charge in [0.25, 0.3) is 5.91 Å². The van der Waals surface area contributed by atoms with Gasteiger partial charge in [-0.3, -0.25) is 28.9 Å². The van der Waals surface area contributed by atoms with Gasteiger partial charge in [0.2, 0.25) is 11.8 Å². The van der Waals surface area contributed by atoms with Gasteiger partial charge >= 0.3 is 11.9 Å². The van der Waals surface area contributed by atoms with Crippen LogP contribution in [-0.2, 0) is 35.1 Å². The average molecular weight is 742 g/mol. The van der Waals surface area contributed by atoms with E-state index in [2.05, 4.69) is 30.5 Å². The largest absolute Gasteiger partial charge is 0.469 e. The van der Waals surface area contributed by atoms with Crippen LogP contribution in [0.25, 0.3) is 0 Å². The average Bonchev–Trinajstić information content (AvgIpc) is 3.79. The number of hydrogen-bond donors (Lipinski definition) is 2. The molecule has 3 heterocycles. The van der Waals surface area contributed by atoms with Gasteiger partial charge in [-0.2, -0.15) is 0 Å². The minimum Gasteiger partial charge on any atom is -0.469 e. The summed E-state index contributed by atoms with van der Waals surface area (Å²) in [6.45, 7) is 7.89. The molecule has 1 aliphatic heterocycles. The van der Waals surface area contributed by atoms with Gasteiger partial charge in [0.15, 0.2) is 6.10 Å². The van der Waals surface area contributed by atoms with E-state index in [0.717, 1.165) is 38.6 Å². The second-order valence-electron chi connectivity index (χ2n) is 14.6. The van der Waals surface area contributed by atoms with Gasteiger partial charge < -0.3 is 25.0 Å². The smallest absolute Gasteiger partial charge is 0.308 e. The van der Waals surface area contributed by atoms with Gasteiger partial charge in [0.1, 0.15) is 22.6 Å². The summed E-state index contributed by atoms with van der Waals surface area (Å²) in [5.41, 5.74) is 0.132. The maximum atomic E-state index is 14.1. The Morgan fingerprint density at radius 1 is 1.04 bits per heavy atom. The van der Waals surface area contributed by atoms with Gasteiger partial charge in [-0.1, -0.05) is 40.0 Å². The number of thiazole rings is 1. The van der Waals surface area contributed by atoms with Crippen LogP contribution in [0.1, 0.15) is 106 Å². The Bertz CT molecular complexity index is 1520. The normalized spacial score (nSPS) is 19.1. The number of methoxy groups -OCH3 is 1.